The molecule has 1 heterocycles. The minimum atomic E-state index is -1.16. The summed E-state index contributed by atoms with van der Waals surface area (Å²) in [6.07, 6.45) is -0.00884. The number of aliphatic hydroxyl groups is 1. The number of carbonyl (C=O) groups excluding carboxylic acids is 1. The van der Waals surface area contributed by atoms with Crippen LogP contribution in [0.4, 0.5) is 4.79 Å². The van der Waals surface area contributed by atoms with Gasteiger partial charge in [0.1, 0.15) is 18.9 Å². The summed E-state index contributed by atoms with van der Waals surface area (Å²) in [4.78, 5) is 24.6. The normalized spacial score (nSPS) is 19.6. The fourth-order valence-electron chi connectivity index (χ4n) is 2.35. The summed E-state index contributed by atoms with van der Waals surface area (Å²) in [6, 6.07) is 8.00. The molecule has 1 aliphatic heterocycles. The Labute approximate surface area is 128 Å². The topological polar surface area (TPSA) is 99.1 Å². The van der Waals surface area contributed by atoms with Gasteiger partial charge in [0.15, 0.2) is 0 Å². The number of alkyl carbamates (subject to hydrolysis) is 1. The zero-order valence-corrected chi connectivity index (χ0v) is 12.1. The lowest BCUT2D eigenvalue weighted by molar-refractivity contribution is -0.140. The molecule has 2 atom stereocenters. The van der Waals surface area contributed by atoms with Crippen molar-refractivity contribution in [2.75, 3.05) is 13.1 Å². The Hall–Kier alpha value is -2.12. The fourth-order valence-corrected chi connectivity index (χ4v) is 2.35. The highest BCUT2D eigenvalue weighted by Crippen LogP contribution is 2.14. The van der Waals surface area contributed by atoms with Crippen LogP contribution in [0.3, 0.4) is 0 Å². The molecule has 0 unspecified atom stereocenters. The van der Waals surface area contributed by atoms with E-state index in [1.54, 1.807) is 4.90 Å². The highest BCUT2D eigenvalue weighted by molar-refractivity contribution is 5.80. The molecule has 1 saturated heterocycles. The van der Waals surface area contributed by atoms with E-state index < -0.39 is 24.3 Å². The SMILES string of the molecule is O=C(N[C@@H](CN1CCC[C@@H]1O)C(=O)O)OCc1ccccc1. The molecule has 1 amide bonds. The summed E-state index contributed by atoms with van der Waals surface area (Å²) < 4.78 is 5.01. The molecule has 7 nitrogen and oxygen atoms in total. The van der Waals surface area contributed by atoms with Crippen LogP contribution in [0.25, 0.3) is 0 Å². The lowest BCUT2D eigenvalue weighted by Gasteiger charge is -2.24. The molecule has 2 rings (SSSR count). The van der Waals surface area contributed by atoms with Crippen LogP contribution in [0, 0.1) is 0 Å². The maximum absolute atomic E-state index is 11.7. The standard InChI is InChI=1S/C15H20N2O5/c18-13-7-4-8-17(13)9-12(14(19)20)16-15(21)22-10-11-5-2-1-3-6-11/h1-3,5-6,12-13,18H,4,7-10H2,(H,16,21)(H,19,20)/t12-,13-/m0/s1. The first-order valence-electron chi connectivity index (χ1n) is 7.18. The number of amides is 1. The Morgan fingerprint density at radius 1 is 1.36 bits per heavy atom. The number of carbonyl (C=O) groups is 2. The van der Waals surface area contributed by atoms with Crippen LogP contribution in [-0.2, 0) is 16.1 Å². The third-order valence-corrected chi connectivity index (χ3v) is 3.55. The highest BCUT2D eigenvalue weighted by atomic mass is 16.5. The number of ether oxygens (including phenoxy) is 1. The number of hydrogen-bond acceptors (Lipinski definition) is 5. The van der Waals surface area contributed by atoms with E-state index in [1.165, 1.54) is 0 Å². The molecule has 0 spiro atoms. The molecule has 1 fully saturated rings. The molecule has 0 saturated carbocycles. The molecule has 120 valence electrons. The molecule has 0 bridgehead atoms. The summed E-state index contributed by atoms with van der Waals surface area (Å²) in [6.45, 7) is 0.744. The van der Waals surface area contributed by atoms with Gasteiger partial charge in [-0.15, -0.1) is 0 Å². The Morgan fingerprint density at radius 3 is 2.68 bits per heavy atom. The lowest BCUT2D eigenvalue weighted by atomic mass is 10.2. The minimum absolute atomic E-state index is 0.0525. The average molecular weight is 308 g/mol. The zero-order chi connectivity index (χ0) is 15.9. The van der Waals surface area contributed by atoms with Crippen LogP contribution >= 0.6 is 0 Å². The van der Waals surface area contributed by atoms with E-state index in [9.17, 15) is 19.8 Å². The van der Waals surface area contributed by atoms with Gasteiger partial charge in [0.25, 0.3) is 0 Å². The molecule has 0 aromatic heterocycles. The van der Waals surface area contributed by atoms with E-state index in [4.69, 9.17) is 4.74 Å². The van der Waals surface area contributed by atoms with Crippen molar-refractivity contribution in [1.29, 1.82) is 0 Å². The molecule has 1 aromatic rings. The van der Waals surface area contributed by atoms with Gasteiger partial charge in [0.2, 0.25) is 0 Å². The van der Waals surface area contributed by atoms with Gasteiger partial charge in [-0.1, -0.05) is 30.3 Å². The third-order valence-electron chi connectivity index (χ3n) is 3.55. The molecule has 0 radical (unpaired) electrons. The summed E-state index contributed by atoms with van der Waals surface area (Å²) >= 11 is 0. The minimum Gasteiger partial charge on any atom is -0.480 e. The second-order valence-electron chi connectivity index (χ2n) is 5.21. The van der Waals surface area contributed by atoms with Crippen molar-refractivity contribution in [3.8, 4) is 0 Å². The lowest BCUT2D eigenvalue weighted by Crippen LogP contribution is -2.49. The van der Waals surface area contributed by atoms with E-state index in [1.807, 2.05) is 30.3 Å². The van der Waals surface area contributed by atoms with E-state index in [2.05, 4.69) is 5.32 Å². The van der Waals surface area contributed by atoms with Gasteiger partial charge in [0, 0.05) is 13.1 Å². The van der Waals surface area contributed by atoms with Gasteiger partial charge < -0.3 is 20.3 Å². The van der Waals surface area contributed by atoms with Crippen molar-refractivity contribution in [2.24, 2.45) is 0 Å². The summed E-state index contributed by atoms with van der Waals surface area (Å²) in [5.41, 5.74) is 0.819. The number of nitrogens with zero attached hydrogens (tertiary/aromatic N) is 1. The van der Waals surface area contributed by atoms with Gasteiger partial charge in [-0.3, -0.25) is 4.90 Å². The van der Waals surface area contributed by atoms with Crippen molar-refractivity contribution in [3.05, 3.63) is 35.9 Å². The zero-order valence-electron chi connectivity index (χ0n) is 12.1. The Balaban J connectivity index is 1.82. The van der Waals surface area contributed by atoms with Crippen LogP contribution < -0.4 is 5.32 Å². The quantitative estimate of drug-likeness (QED) is 0.718. The Morgan fingerprint density at radius 2 is 2.09 bits per heavy atom. The number of likely N-dealkylation sites (tertiary alicyclic amines) is 1. The largest absolute Gasteiger partial charge is 0.480 e. The molecule has 0 aliphatic carbocycles. The first kappa shape index (κ1) is 16.3. The Bertz CT molecular complexity index is 508. The van der Waals surface area contributed by atoms with Crippen molar-refractivity contribution >= 4 is 12.1 Å². The van der Waals surface area contributed by atoms with Crippen molar-refractivity contribution in [3.63, 3.8) is 0 Å². The van der Waals surface area contributed by atoms with Crippen LogP contribution in [-0.4, -0.2) is 52.5 Å². The molecule has 3 N–H and O–H groups in total. The number of rotatable bonds is 6. The molecule has 1 aliphatic rings. The maximum atomic E-state index is 11.7. The van der Waals surface area contributed by atoms with Gasteiger partial charge in [-0.05, 0) is 18.4 Å². The average Bonchev–Trinajstić information content (AvgIpc) is 2.91. The fraction of sp³-hybridized carbons (Fsp3) is 0.467. The monoisotopic (exact) mass is 308 g/mol. The van der Waals surface area contributed by atoms with Crippen LogP contribution in [0.15, 0.2) is 30.3 Å². The van der Waals surface area contributed by atoms with Gasteiger partial charge in [-0.2, -0.15) is 0 Å². The van der Waals surface area contributed by atoms with Crippen molar-refractivity contribution in [1.82, 2.24) is 10.2 Å². The van der Waals surface area contributed by atoms with E-state index in [0.717, 1.165) is 12.0 Å². The van der Waals surface area contributed by atoms with Crippen LogP contribution in [0.1, 0.15) is 18.4 Å². The van der Waals surface area contributed by atoms with Gasteiger partial charge in [0.05, 0.1) is 0 Å². The number of aliphatic carboxylic acids is 1. The van der Waals surface area contributed by atoms with E-state index in [0.29, 0.717) is 13.0 Å². The Kier molecular flexibility index (Phi) is 5.74. The van der Waals surface area contributed by atoms with Crippen molar-refractivity contribution in [2.45, 2.75) is 31.7 Å². The van der Waals surface area contributed by atoms with E-state index in [-0.39, 0.29) is 13.2 Å². The van der Waals surface area contributed by atoms with Crippen LogP contribution in [0.2, 0.25) is 0 Å². The van der Waals surface area contributed by atoms with E-state index >= 15 is 0 Å². The molecule has 7 heteroatoms. The molecule has 1 aromatic carbocycles. The maximum Gasteiger partial charge on any atom is 0.408 e. The van der Waals surface area contributed by atoms with Crippen molar-refractivity contribution < 1.29 is 24.5 Å². The number of nitrogens with one attached hydrogen (secondary N) is 1. The third kappa shape index (κ3) is 4.71. The number of hydrogen-bond donors (Lipinski definition) is 3. The van der Waals surface area contributed by atoms with Gasteiger partial charge in [-0.25, -0.2) is 9.59 Å². The first-order chi connectivity index (χ1) is 10.6. The number of aliphatic hydroxyl groups excluding tert-OH is 1. The number of carboxylic acids is 1. The van der Waals surface area contributed by atoms with Gasteiger partial charge >= 0.3 is 12.1 Å². The van der Waals surface area contributed by atoms with Crippen LogP contribution in [0.5, 0.6) is 0 Å². The summed E-state index contributed by atoms with van der Waals surface area (Å²) in [5.74, 6) is -1.16. The molecular formula is C15H20N2O5. The first-order valence-corrected chi connectivity index (χ1v) is 7.18. The molecular weight excluding hydrogens is 288 g/mol. The highest BCUT2D eigenvalue weighted by Gasteiger charge is 2.29. The smallest absolute Gasteiger partial charge is 0.408 e. The number of benzene rings is 1. The number of carboxylic acid groups (broad SMARTS) is 1. The predicted molar refractivity (Wildman–Crippen MR) is 78.0 cm³/mol. The second-order valence-corrected chi connectivity index (χ2v) is 5.21. The molecule has 22 heavy (non-hydrogen) atoms. The predicted octanol–water partition coefficient (Wildman–Crippen LogP) is 0.780. The summed E-state index contributed by atoms with van der Waals surface area (Å²) in [7, 11) is 0. The second kappa shape index (κ2) is 7.77. The summed E-state index contributed by atoms with van der Waals surface area (Å²) in [5, 5.41) is 21.2.